The van der Waals surface area contributed by atoms with E-state index in [-0.39, 0.29) is 23.3 Å². The van der Waals surface area contributed by atoms with Gasteiger partial charge in [-0.05, 0) is 96.2 Å². The van der Waals surface area contributed by atoms with Gasteiger partial charge in [0.15, 0.2) is 0 Å². The van der Waals surface area contributed by atoms with Crippen LogP contribution < -0.4 is 5.32 Å². The number of amides is 2. The van der Waals surface area contributed by atoms with Gasteiger partial charge in [-0.15, -0.1) is 0 Å². The zero-order valence-corrected chi connectivity index (χ0v) is 25.1. The predicted octanol–water partition coefficient (Wildman–Crippen LogP) is 4.84. The van der Waals surface area contributed by atoms with Gasteiger partial charge >= 0.3 is 12.1 Å². The van der Waals surface area contributed by atoms with Crippen molar-refractivity contribution in [3.8, 4) is 0 Å². The Hall–Kier alpha value is -2.57. The van der Waals surface area contributed by atoms with Gasteiger partial charge in [-0.3, -0.25) is 4.79 Å². The van der Waals surface area contributed by atoms with Crippen LogP contribution in [0.25, 0.3) is 0 Å². The first-order chi connectivity index (χ1) is 18.0. The summed E-state index contributed by atoms with van der Waals surface area (Å²) in [6, 6.07) is 10.1. The summed E-state index contributed by atoms with van der Waals surface area (Å²) in [4.78, 5) is 45.2. The first-order valence-electron chi connectivity index (χ1n) is 12.4. The maximum absolute atomic E-state index is 12.0. The number of ether oxygens (including phenoxy) is 1. The molecular weight excluding hydrogens is 622 g/mol. The van der Waals surface area contributed by atoms with Crippen molar-refractivity contribution in [2.75, 3.05) is 39.3 Å². The molecule has 2 N–H and O–H groups in total. The highest BCUT2D eigenvalue weighted by Gasteiger charge is 2.23. The van der Waals surface area contributed by atoms with E-state index in [2.05, 4.69) is 47.1 Å². The molecule has 10 nitrogen and oxygen atoms in total. The van der Waals surface area contributed by atoms with Gasteiger partial charge in [-0.1, -0.05) is 12.1 Å². The fourth-order valence-corrected chi connectivity index (χ4v) is 4.17. The van der Waals surface area contributed by atoms with E-state index in [1.165, 1.54) is 12.5 Å². The Morgan fingerprint density at radius 1 is 0.842 bits per heavy atom. The average molecular weight is 657 g/mol. The Labute approximate surface area is 240 Å². The van der Waals surface area contributed by atoms with Gasteiger partial charge in [0.25, 0.3) is 5.91 Å². The van der Waals surface area contributed by atoms with Crippen LogP contribution in [0.4, 0.5) is 4.79 Å². The van der Waals surface area contributed by atoms with Gasteiger partial charge in [-0.2, -0.15) is 0 Å². The lowest BCUT2D eigenvalue weighted by Crippen LogP contribution is -2.46. The molecule has 4 rings (SSSR count). The highest BCUT2D eigenvalue weighted by molar-refractivity contribution is 9.10. The van der Waals surface area contributed by atoms with Crippen molar-refractivity contribution in [2.24, 2.45) is 0 Å². The number of piperidine rings is 1. The van der Waals surface area contributed by atoms with E-state index in [1.54, 1.807) is 23.1 Å². The minimum atomic E-state index is -1.01. The molecule has 0 aliphatic carbocycles. The number of likely N-dealkylation sites (tertiary alicyclic amines) is 1. The van der Waals surface area contributed by atoms with E-state index in [4.69, 9.17) is 9.84 Å². The van der Waals surface area contributed by atoms with Crippen molar-refractivity contribution in [2.45, 2.75) is 45.6 Å². The molecule has 208 valence electrons. The summed E-state index contributed by atoms with van der Waals surface area (Å²) in [5.41, 5.74) is 0.190. The molecule has 12 heteroatoms. The number of nitrogens with zero attached hydrogens (tertiary/aromatic N) is 4. The van der Waals surface area contributed by atoms with Crippen LogP contribution in [0, 0.1) is 0 Å². The molecule has 0 atom stereocenters. The van der Waals surface area contributed by atoms with Gasteiger partial charge in [0, 0.05) is 39.3 Å². The number of carboxylic acids is 1. The minimum Gasteiger partial charge on any atom is -0.477 e. The third-order valence-corrected chi connectivity index (χ3v) is 6.16. The number of piperazine rings is 1. The van der Waals surface area contributed by atoms with E-state index in [0.29, 0.717) is 14.9 Å². The summed E-state index contributed by atoms with van der Waals surface area (Å²) in [5, 5.41) is 11.6. The highest BCUT2D eigenvalue weighted by atomic mass is 79.9. The Morgan fingerprint density at radius 2 is 1.37 bits per heavy atom. The van der Waals surface area contributed by atoms with Gasteiger partial charge in [0.1, 0.15) is 26.2 Å². The lowest BCUT2D eigenvalue weighted by molar-refractivity contribution is 0.0215. The molecular formula is C26H35Br2N5O5. The monoisotopic (exact) mass is 655 g/mol. The van der Waals surface area contributed by atoms with Crippen molar-refractivity contribution in [3.05, 3.63) is 57.0 Å². The Morgan fingerprint density at radius 3 is 1.84 bits per heavy atom. The molecule has 2 aliphatic heterocycles. The van der Waals surface area contributed by atoms with Crippen LogP contribution in [0.15, 0.2) is 45.6 Å². The number of aromatic carboxylic acids is 1. The molecule has 0 unspecified atom stereocenters. The number of carbonyl (C=O) groups excluding carboxylic acids is 2. The number of nitrogens with one attached hydrogen (secondary N) is 1. The molecule has 0 spiro atoms. The van der Waals surface area contributed by atoms with Gasteiger partial charge in [0.05, 0.1) is 0 Å². The van der Waals surface area contributed by atoms with Crippen LogP contribution in [0.1, 0.15) is 61.0 Å². The standard InChI is InChI=1S/C10H12BrN3O.C10H19NO2.C6H4BrNO2/c11-9-3-1-2-8(13-9)10(15)14-6-4-12-5-7-14;1-10(2,3)13-9(12)11-7-5-4-6-8-11;7-5-3-1-2-4(8-5)6(9)10/h1-3,12H,4-7H2;4-8H2,1-3H3;1-3H,(H,9,10). The topological polar surface area (TPSA) is 125 Å². The highest BCUT2D eigenvalue weighted by Crippen LogP contribution is 2.14. The molecule has 4 heterocycles. The van der Waals surface area contributed by atoms with Crippen LogP contribution in [-0.4, -0.2) is 87.7 Å². The van der Waals surface area contributed by atoms with E-state index in [0.717, 1.165) is 52.1 Å². The Balaban J connectivity index is 0.000000204. The molecule has 0 radical (unpaired) electrons. The van der Waals surface area contributed by atoms with Crippen molar-refractivity contribution >= 4 is 49.8 Å². The van der Waals surface area contributed by atoms with Crippen LogP contribution in [0.3, 0.4) is 0 Å². The van der Waals surface area contributed by atoms with Crippen LogP contribution in [0.5, 0.6) is 0 Å². The second-order valence-corrected chi connectivity index (χ2v) is 11.2. The fourth-order valence-electron chi connectivity index (χ4n) is 3.49. The second-order valence-electron chi connectivity index (χ2n) is 9.57. The second kappa shape index (κ2) is 15.7. The van der Waals surface area contributed by atoms with Crippen LogP contribution in [-0.2, 0) is 4.74 Å². The molecule has 2 amide bonds. The number of halogens is 2. The minimum absolute atomic E-state index is 0.0119. The zero-order chi connectivity index (χ0) is 28.1. The molecule has 2 fully saturated rings. The largest absolute Gasteiger partial charge is 0.477 e. The normalized spacial score (nSPS) is 15.3. The quantitative estimate of drug-likeness (QED) is 0.440. The molecule has 38 heavy (non-hydrogen) atoms. The molecule has 2 aromatic heterocycles. The van der Waals surface area contributed by atoms with Crippen molar-refractivity contribution < 1.29 is 24.2 Å². The zero-order valence-electron chi connectivity index (χ0n) is 22.0. The maximum Gasteiger partial charge on any atom is 0.410 e. The first-order valence-corrected chi connectivity index (χ1v) is 14.0. The summed E-state index contributed by atoms with van der Waals surface area (Å²) in [6.45, 7) is 10.6. The number of hydrogen-bond donors (Lipinski definition) is 2. The number of carboxylic acid groups (broad SMARTS) is 1. The lowest BCUT2D eigenvalue weighted by atomic mass is 10.1. The van der Waals surface area contributed by atoms with E-state index >= 15 is 0 Å². The summed E-state index contributed by atoms with van der Waals surface area (Å²) in [7, 11) is 0. The van der Waals surface area contributed by atoms with E-state index in [1.807, 2.05) is 37.8 Å². The van der Waals surface area contributed by atoms with Crippen molar-refractivity contribution in [1.29, 1.82) is 0 Å². The summed E-state index contributed by atoms with van der Waals surface area (Å²) >= 11 is 6.32. The Kier molecular flexibility index (Phi) is 13.1. The molecule has 2 aromatic rings. The van der Waals surface area contributed by atoms with Crippen LogP contribution in [0.2, 0.25) is 0 Å². The summed E-state index contributed by atoms with van der Waals surface area (Å²) < 4.78 is 6.50. The lowest BCUT2D eigenvalue weighted by Gasteiger charge is -2.29. The molecule has 0 saturated carbocycles. The number of carbonyl (C=O) groups is 3. The fraction of sp³-hybridized carbons (Fsp3) is 0.500. The first kappa shape index (κ1) is 31.6. The average Bonchev–Trinajstić information content (AvgIpc) is 2.89. The number of aromatic nitrogens is 2. The molecule has 0 aromatic carbocycles. The summed E-state index contributed by atoms with van der Waals surface area (Å²) in [6.07, 6.45) is 3.30. The summed E-state index contributed by atoms with van der Waals surface area (Å²) in [5.74, 6) is -1.00. The number of pyridine rings is 2. The number of hydrogen-bond acceptors (Lipinski definition) is 7. The van der Waals surface area contributed by atoms with Gasteiger partial charge in [0.2, 0.25) is 0 Å². The molecule has 2 saturated heterocycles. The van der Waals surface area contributed by atoms with Crippen LogP contribution >= 0.6 is 31.9 Å². The number of rotatable bonds is 2. The van der Waals surface area contributed by atoms with Crippen molar-refractivity contribution in [1.82, 2.24) is 25.1 Å². The van der Waals surface area contributed by atoms with Gasteiger partial charge < -0.3 is 25.0 Å². The predicted molar refractivity (Wildman–Crippen MR) is 151 cm³/mol. The third kappa shape index (κ3) is 11.9. The SMILES string of the molecule is CC(C)(C)OC(=O)N1CCCCC1.O=C(O)c1cccc(Br)n1.O=C(c1cccc(Br)n1)N1CCNCC1. The third-order valence-electron chi connectivity index (χ3n) is 5.28. The van der Waals surface area contributed by atoms with E-state index in [9.17, 15) is 14.4 Å². The van der Waals surface area contributed by atoms with Gasteiger partial charge in [-0.25, -0.2) is 19.6 Å². The maximum atomic E-state index is 12.0. The molecule has 2 aliphatic rings. The molecule has 0 bridgehead atoms. The van der Waals surface area contributed by atoms with Crippen molar-refractivity contribution in [3.63, 3.8) is 0 Å². The van der Waals surface area contributed by atoms with E-state index < -0.39 is 5.97 Å². The Bertz CT molecular complexity index is 1070. The smallest absolute Gasteiger partial charge is 0.410 e.